The van der Waals surface area contributed by atoms with Crippen LogP contribution >= 0.6 is 0 Å². The smallest absolute Gasteiger partial charge is 0.282 e. The van der Waals surface area contributed by atoms with Gasteiger partial charge in [-0.25, -0.2) is 8.78 Å². The van der Waals surface area contributed by atoms with Gasteiger partial charge in [-0.15, -0.1) is 0 Å². The summed E-state index contributed by atoms with van der Waals surface area (Å²) in [6, 6.07) is 6.38. The second kappa shape index (κ2) is 8.82. The third kappa shape index (κ3) is 4.24. The SMILES string of the molecule is C=C(NCC1=Nc2cc(C3(N4CC(F)(F)CNC4=C)CCCCC3)ccc2C1)C1=NCN=C1C1CC1. The number of hydrogen-bond acceptors (Lipinski definition) is 6. The third-order valence-electron chi connectivity index (χ3n) is 8.23. The first-order valence-electron chi connectivity index (χ1n) is 13.2. The largest absolute Gasteiger partial charge is 0.378 e. The van der Waals surface area contributed by atoms with Crippen molar-refractivity contribution in [1.82, 2.24) is 15.5 Å². The van der Waals surface area contributed by atoms with Crippen molar-refractivity contribution < 1.29 is 8.78 Å². The third-order valence-corrected chi connectivity index (χ3v) is 8.23. The van der Waals surface area contributed by atoms with Gasteiger partial charge in [-0.3, -0.25) is 15.0 Å². The quantitative estimate of drug-likeness (QED) is 0.572. The summed E-state index contributed by atoms with van der Waals surface area (Å²) >= 11 is 0. The number of aliphatic imine (C=N–C) groups is 3. The Morgan fingerprint density at radius 3 is 2.75 bits per heavy atom. The predicted octanol–water partition coefficient (Wildman–Crippen LogP) is 4.85. The number of halogens is 2. The summed E-state index contributed by atoms with van der Waals surface area (Å²) in [7, 11) is 0. The number of alkyl halides is 2. The van der Waals surface area contributed by atoms with Crippen LogP contribution in [0.1, 0.15) is 56.1 Å². The lowest BCUT2D eigenvalue weighted by Crippen LogP contribution is -2.59. The minimum atomic E-state index is -2.78. The topological polar surface area (TPSA) is 64.4 Å². The Hall–Kier alpha value is -3.03. The molecule has 0 aromatic heterocycles. The summed E-state index contributed by atoms with van der Waals surface area (Å²) in [5.74, 6) is -1.64. The van der Waals surface area contributed by atoms with Gasteiger partial charge >= 0.3 is 0 Å². The van der Waals surface area contributed by atoms with Gasteiger partial charge in [-0.1, -0.05) is 44.6 Å². The van der Waals surface area contributed by atoms with Gasteiger partial charge in [0.2, 0.25) is 0 Å². The van der Waals surface area contributed by atoms with E-state index in [4.69, 9.17) is 4.99 Å². The lowest BCUT2D eigenvalue weighted by molar-refractivity contribution is -0.0811. The van der Waals surface area contributed by atoms with Crippen molar-refractivity contribution in [1.29, 1.82) is 0 Å². The molecule has 0 atom stereocenters. The van der Waals surface area contributed by atoms with E-state index in [1.165, 1.54) is 18.4 Å². The Bertz CT molecular complexity index is 1190. The van der Waals surface area contributed by atoms with Crippen LogP contribution in [0.15, 0.2) is 57.9 Å². The molecule has 0 unspecified atom stereocenters. The summed E-state index contributed by atoms with van der Waals surface area (Å²) in [4.78, 5) is 15.9. The highest BCUT2D eigenvalue weighted by atomic mass is 19.3. The van der Waals surface area contributed by atoms with Crippen molar-refractivity contribution in [3.63, 3.8) is 0 Å². The Labute approximate surface area is 211 Å². The molecule has 1 aromatic carbocycles. The summed E-state index contributed by atoms with van der Waals surface area (Å²) in [5, 5.41) is 6.27. The van der Waals surface area contributed by atoms with Gasteiger partial charge in [0.05, 0.1) is 48.1 Å². The number of fused-ring (bicyclic) bond motifs is 1. The Morgan fingerprint density at radius 1 is 1.17 bits per heavy atom. The number of nitrogens with one attached hydrogen (secondary N) is 2. The van der Waals surface area contributed by atoms with Crippen LogP contribution < -0.4 is 10.6 Å². The molecule has 2 saturated carbocycles. The first-order valence-corrected chi connectivity index (χ1v) is 13.2. The molecule has 36 heavy (non-hydrogen) atoms. The second-order valence-electron chi connectivity index (χ2n) is 10.8. The van der Waals surface area contributed by atoms with Gasteiger partial charge < -0.3 is 15.5 Å². The monoisotopic (exact) mass is 492 g/mol. The number of nitrogens with zero attached hydrogens (tertiary/aromatic N) is 4. The fraction of sp³-hybridized carbons (Fsp3) is 0.536. The molecule has 0 amide bonds. The van der Waals surface area contributed by atoms with Crippen LogP contribution in [0, 0.1) is 5.92 Å². The Kier molecular flexibility index (Phi) is 5.73. The van der Waals surface area contributed by atoms with Crippen molar-refractivity contribution >= 4 is 22.8 Å². The molecule has 0 spiro atoms. The van der Waals surface area contributed by atoms with Crippen LogP contribution in [-0.2, 0) is 12.0 Å². The van der Waals surface area contributed by atoms with Crippen LogP contribution in [0.25, 0.3) is 0 Å². The molecule has 3 aliphatic heterocycles. The zero-order valence-electron chi connectivity index (χ0n) is 20.8. The van der Waals surface area contributed by atoms with Gasteiger partial charge in [-0.05, 0) is 42.9 Å². The van der Waals surface area contributed by atoms with Crippen molar-refractivity contribution in [3.8, 4) is 0 Å². The number of benzene rings is 1. The maximum Gasteiger partial charge on any atom is 0.282 e. The van der Waals surface area contributed by atoms with Crippen molar-refractivity contribution in [3.05, 3.63) is 54.0 Å². The summed E-state index contributed by atoms with van der Waals surface area (Å²) in [5.41, 5.74) is 6.58. The number of allylic oxidation sites excluding steroid dienone is 1. The average molecular weight is 493 g/mol. The van der Waals surface area contributed by atoms with Gasteiger partial charge in [-0.2, -0.15) is 0 Å². The van der Waals surface area contributed by atoms with E-state index >= 15 is 0 Å². The van der Waals surface area contributed by atoms with Crippen LogP contribution in [0.2, 0.25) is 0 Å². The maximum atomic E-state index is 14.5. The van der Waals surface area contributed by atoms with E-state index in [0.29, 0.717) is 25.0 Å². The zero-order chi connectivity index (χ0) is 24.9. The molecule has 6 nitrogen and oxygen atoms in total. The highest BCUT2D eigenvalue weighted by Gasteiger charge is 2.47. The number of rotatable bonds is 7. The van der Waals surface area contributed by atoms with E-state index < -0.39 is 11.5 Å². The van der Waals surface area contributed by atoms with Gasteiger partial charge in [0.15, 0.2) is 0 Å². The Balaban J connectivity index is 1.20. The minimum absolute atomic E-state index is 0.299. The van der Waals surface area contributed by atoms with Crippen LogP contribution in [0.4, 0.5) is 14.5 Å². The highest BCUT2D eigenvalue weighted by molar-refractivity contribution is 6.50. The van der Waals surface area contributed by atoms with E-state index in [2.05, 4.69) is 52.0 Å². The van der Waals surface area contributed by atoms with E-state index in [1.54, 1.807) is 0 Å². The van der Waals surface area contributed by atoms with Crippen molar-refractivity contribution in [2.24, 2.45) is 20.9 Å². The summed E-state index contributed by atoms with van der Waals surface area (Å²) < 4.78 is 29.0. The normalized spacial score (nSPS) is 24.4. The standard InChI is InChI=1S/C28H34F2N6/c1-18(25-26(20-6-7-20)34-17-33-25)31-14-23-12-21-8-9-22(13-24(21)35-23)27(10-4-3-5-11-27)36-16-28(29,30)15-32-19(36)2/h8-9,13,20,31-32H,1-7,10-12,14-17H2. The lowest BCUT2D eigenvalue weighted by Gasteiger charge is -2.52. The van der Waals surface area contributed by atoms with Crippen molar-refractivity contribution in [2.75, 3.05) is 26.3 Å². The molecule has 6 rings (SSSR count). The van der Waals surface area contributed by atoms with E-state index in [9.17, 15) is 8.78 Å². The molecular formula is C28H34F2N6. The summed E-state index contributed by atoms with van der Waals surface area (Å²) in [6.07, 6.45) is 8.00. The molecule has 2 aliphatic carbocycles. The molecule has 0 radical (unpaired) electrons. The molecule has 5 aliphatic rings. The first-order chi connectivity index (χ1) is 17.3. The molecule has 190 valence electrons. The molecule has 2 N–H and O–H groups in total. The molecule has 1 saturated heterocycles. The second-order valence-corrected chi connectivity index (χ2v) is 10.8. The molecular weight excluding hydrogens is 458 g/mol. The summed E-state index contributed by atoms with van der Waals surface area (Å²) in [6.45, 7) is 8.76. The molecule has 1 aromatic rings. The van der Waals surface area contributed by atoms with Crippen LogP contribution in [0.5, 0.6) is 0 Å². The fourth-order valence-corrected chi connectivity index (χ4v) is 6.17. The van der Waals surface area contributed by atoms with E-state index in [-0.39, 0.29) is 13.1 Å². The molecule has 0 bridgehead atoms. The number of hydrogen-bond donors (Lipinski definition) is 2. The highest BCUT2D eigenvalue weighted by Crippen LogP contribution is 2.47. The molecule has 3 heterocycles. The minimum Gasteiger partial charge on any atom is -0.378 e. The first kappa shape index (κ1) is 23.4. The van der Waals surface area contributed by atoms with Gasteiger partial charge in [0, 0.05) is 18.1 Å². The fourth-order valence-electron chi connectivity index (χ4n) is 6.17. The molecule has 8 heteroatoms. The average Bonchev–Trinajstić information content (AvgIpc) is 3.45. The predicted molar refractivity (Wildman–Crippen MR) is 140 cm³/mol. The van der Waals surface area contributed by atoms with Crippen LogP contribution in [0.3, 0.4) is 0 Å². The lowest BCUT2D eigenvalue weighted by atomic mass is 9.74. The Morgan fingerprint density at radius 2 is 1.97 bits per heavy atom. The van der Waals surface area contributed by atoms with E-state index in [0.717, 1.165) is 72.6 Å². The van der Waals surface area contributed by atoms with Crippen LogP contribution in [-0.4, -0.2) is 54.3 Å². The van der Waals surface area contributed by atoms with Gasteiger partial charge in [0.25, 0.3) is 5.92 Å². The van der Waals surface area contributed by atoms with Crippen molar-refractivity contribution in [2.45, 2.75) is 62.8 Å². The zero-order valence-corrected chi connectivity index (χ0v) is 20.8. The van der Waals surface area contributed by atoms with Gasteiger partial charge in [0.1, 0.15) is 12.4 Å². The molecule has 3 fully saturated rings. The van der Waals surface area contributed by atoms with E-state index in [1.807, 2.05) is 4.90 Å². The maximum absolute atomic E-state index is 14.5.